The van der Waals surface area contributed by atoms with Crippen molar-refractivity contribution >= 4 is 0 Å². The molecule has 1 N–H and O–H groups in total. The Morgan fingerprint density at radius 3 is 2.71 bits per heavy atom. The average molecular weight is 242 g/mol. The summed E-state index contributed by atoms with van der Waals surface area (Å²) in [6.45, 7) is 6.32. The van der Waals surface area contributed by atoms with E-state index in [0.29, 0.717) is 12.1 Å². The van der Waals surface area contributed by atoms with E-state index in [2.05, 4.69) is 17.1 Å². The van der Waals surface area contributed by atoms with Crippen LogP contribution in [-0.4, -0.2) is 31.1 Å². The zero-order valence-corrected chi connectivity index (χ0v) is 10.6. The first-order chi connectivity index (χ1) is 8.04. The molecule has 1 aromatic carbocycles. The third-order valence-corrected chi connectivity index (χ3v) is 2.80. The molecule has 17 heavy (non-hydrogen) atoms. The smallest absolute Gasteiger partial charge is 0.163 e. The Morgan fingerprint density at radius 2 is 2.06 bits per heavy atom. The molecule has 0 aliphatic rings. The fourth-order valence-electron chi connectivity index (χ4n) is 1.63. The molecule has 0 heterocycles. The highest BCUT2D eigenvalue weighted by Crippen LogP contribution is 2.11. The first kappa shape index (κ1) is 14.1. The van der Waals surface area contributed by atoms with Gasteiger partial charge in [0, 0.05) is 24.7 Å². The Balaban J connectivity index is 2.47. The third-order valence-electron chi connectivity index (χ3n) is 2.80. The molecular formula is C13H20F2N2. The summed E-state index contributed by atoms with van der Waals surface area (Å²) in [5.74, 6) is -1.54. The van der Waals surface area contributed by atoms with Gasteiger partial charge in [-0.25, -0.2) is 8.78 Å². The molecule has 1 aromatic rings. The van der Waals surface area contributed by atoms with Crippen molar-refractivity contribution in [2.24, 2.45) is 0 Å². The molecule has 0 fully saturated rings. The maximum absolute atomic E-state index is 13.4. The van der Waals surface area contributed by atoms with E-state index in [9.17, 15) is 8.78 Å². The normalized spacial score (nSPS) is 13.1. The first-order valence-electron chi connectivity index (χ1n) is 5.89. The Kier molecular flexibility index (Phi) is 5.51. The summed E-state index contributed by atoms with van der Waals surface area (Å²) in [5, 5.41) is 3.18. The van der Waals surface area contributed by atoms with Gasteiger partial charge in [-0.2, -0.15) is 0 Å². The van der Waals surface area contributed by atoms with Crippen LogP contribution in [0.15, 0.2) is 18.2 Å². The van der Waals surface area contributed by atoms with Crippen LogP contribution in [0.3, 0.4) is 0 Å². The number of nitrogens with zero attached hydrogens (tertiary/aromatic N) is 1. The summed E-state index contributed by atoms with van der Waals surface area (Å²) < 4.78 is 26.3. The zero-order chi connectivity index (χ0) is 12.8. The topological polar surface area (TPSA) is 15.3 Å². The van der Waals surface area contributed by atoms with Gasteiger partial charge in [0.1, 0.15) is 0 Å². The Labute approximate surface area is 102 Å². The highest BCUT2D eigenvalue weighted by atomic mass is 19.2. The lowest BCUT2D eigenvalue weighted by Gasteiger charge is -2.20. The van der Waals surface area contributed by atoms with Gasteiger partial charge in [0.05, 0.1) is 0 Å². The molecule has 0 aliphatic heterocycles. The summed E-state index contributed by atoms with van der Waals surface area (Å²) >= 11 is 0. The van der Waals surface area contributed by atoms with E-state index < -0.39 is 11.6 Å². The molecule has 1 atom stereocenters. The van der Waals surface area contributed by atoms with Crippen molar-refractivity contribution in [3.8, 4) is 0 Å². The minimum Gasteiger partial charge on any atom is -0.309 e. The van der Waals surface area contributed by atoms with Gasteiger partial charge in [-0.15, -0.1) is 0 Å². The molecule has 0 saturated heterocycles. The molecule has 0 amide bonds. The number of rotatable bonds is 6. The molecule has 0 aliphatic carbocycles. The van der Waals surface area contributed by atoms with Crippen LogP contribution in [-0.2, 0) is 6.54 Å². The van der Waals surface area contributed by atoms with Crippen LogP contribution in [0, 0.1) is 11.6 Å². The van der Waals surface area contributed by atoms with E-state index in [1.54, 1.807) is 6.07 Å². The van der Waals surface area contributed by atoms with E-state index in [0.717, 1.165) is 19.2 Å². The molecule has 96 valence electrons. The van der Waals surface area contributed by atoms with Crippen LogP contribution >= 0.6 is 0 Å². The lowest BCUT2D eigenvalue weighted by Crippen LogP contribution is -2.37. The van der Waals surface area contributed by atoms with E-state index in [1.807, 2.05) is 14.0 Å². The zero-order valence-electron chi connectivity index (χ0n) is 10.6. The van der Waals surface area contributed by atoms with E-state index in [4.69, 9.17) is 0 Å². The summed E-state index contributed by atoms with van der Waals surface area (Å²) in [4.78, 5) is 2.17. The van der Waals surface area contributed by atoms with Crippen molar-refractivity contribution in [2.75, 3.05) is 20.1 Å². The van der Waals surface area contributed by atoms with Crippen molar-refractivity contribution in [1.82, 2.24) is 10.2 Å². The predicted molar refractivity (Wildman–Crippen MR) is 65.8 cm³/mol. The fraction of sp³-hybridized carbons (Fsp3) is 0.538. The molecule has 4 heteroatoms. The number of benzene rings is 1. The van der Waals surface area contributed by atoms with Crippen molar-refractivity contribution in [1.29, 1.82) is 0 Å². The molecular weight excluding hydrogens is 222 g/mol. The number of hydrogen-bond acceptors (Lipinski definition) is 2. The predicted octanol–water partition coefficient (Wildman–Crippen LogP) is 2.39. The van der Waals surface area contributed by atoms with Gasteiger partial charge in [0.25, 0.3) is 0 Å². The molecule has 2 nitrogen and oxygen atoms in total. The Morgan fingerprint density at radius 1 is 1.35 bits per heavy atom. The van der Waals surface area contributed by atoms with E-state index in [-0.39, 0.29) is 6.04 Å². The number of halogens is 2. The van der Waals surface area contributed by atoms with Crippen molar-refractivity contribution in [3.63, 3.8) is 0 Å². The SMILES string of the molecule is CCN(C)CC(C)NCc1cccc(F)c1F. The van der Waals surface area contributed by atoms with Crippen LogP contribution in [0.2, 0.25) is 0 Å². The van der Waals surface area contributed by atoms with Gasteiger partial charge in [-0.05, 0) is 26.6 Å². The molecule has 0 aromatic heterocycles. The summed E-state index contributed by atoms with van der Waals surface area (Å²) in [5.41, 5.74) is 0.371. The second-order valence-corrected chi connectivity index (χ2v) is 4.35. The molecule has 1 unspecified atom stereocenters. The highest BCUT2D eigenvalue weighted by Gasteiger charge is 2.09. The molecule has 0 radical (unpaired) electrons. The molecule has 0 spiro atoms. The van der Waals surface area contributed by atoms with Crippen LogP contribution in [0.4, 0.5) is 8.78 Å². The van der Waals surface area contributed by atoms with Gasteiger partial charge in [-0.3, -0.25) is 0 Å². The second-order valence-electron chi connectivity index (χ2n) is 4.35. The quantitative estimate of drug-likeness (QED) is 0.824. The second kappa shape index (κ2) is 6.67. The fourth-order valence-corrected chi connectivity index (χ4v) is 1.63. The van der Waals surface area contributed by atoms with Gasteiger partial charge in [0.2, 0.25) is 0 Å². The number of hydrogen-bond donors (Lipinski definition) is 1. The minimum atomic E-state index is -0.789. The van der Waals surface area contributed by atoms with Gasteiger partial charge in [0.15, 0.2) is 11.6 Å². The van der Waals surface area contributed by atoms with Crippen molar-refractivity contribution in [3.05, 3.63) is 35.4 Å². The highest BCUT2D eigenvalue weighted by molar-refractivity contribution is 5.18. The maximum Gasteiger partial charge on any atom is 0.163 e. The largest absolute Gasteiger partial charge is 0.309 e. The van der Waals surface area contributed by atoms with Gasteiger partial charge < -0.3 is 10.2 Å². The first-order valence-corrected chi connectivity index (χ1v) is 5.89. The lowest BCUT2D eigenvalue weighted by atomic mass is 10.2. The average Bonchev–Trinajstić information content (AvgIpc) is 2.31. The summed E-state index contributed by atoms with van der Waals surface area (Å²) in [6.07, 6.45) is 0. The Hall–Kier alpha value is -1.00. The van der Waals surface area contributed by atoms with Gasteiger partial charge in [-0.1, -0.05) is 19.1 Å². The van der Waals surface area contributed by atoms with Crippen LogP contribution in [0.25, 0.3) is 0 Å². The van der Waals surface area contributed by atoms with E-state index in [1.165, 1.54) is 6.07 Å². The third kappa shape index (κ3) is 4.40. The van der Waals surface area contributed by atoms with Crippen molar-refractivity contribution in [2.45, 2.75) is 26.4 Å². The van der Waals surface area contributed by atoms with Crippen molar-refractivity contribution < 1.29 is 8.78 Å². The molecule has 0 bridgehead atoms. The standard InChI is InChI=1S/C13H20F2N2/c1-4-17(3)9-10(2)16-8-11-6-5-7-12(14)13(11)15/h5-7,10,16H,4,8-9H2,1-3H3. The van der Waals surface area contributed by atoms with Crippen LogP contribution in [0.5, 0.6) is 0 Å². The maximum atomic E-state index is 13.4. The number of nitrogens with one attached hydrogen (secondary N) is 1. The van der Waals surface area contributed by atoms with Gasteiger partial charge >= 0.3 is 0 Å². The summed E-state index contributed by atoms with van der Waals surface area (Å²) in [7, 11) is 2.03. The Bertz CT molecular complexity index is 355. The van der Waals surface area contributed by atoms with Crippen LogP contribution < -0.4 is 5.32 Å². The number of likely N-dealkylation sites (N-methyl/N-ethyl adjacent to an activating group) is 1. The monoisotopic (exact) mass is 242 g/mol. The van der Waals surface area contributed by atoms with E-state index >= 15 is 0 Å². The lowest BCUT2D eigenvalue weighted by molar-refractivity contribution is 0.308. The minimum absolute atomic E-state index is 0.239. The molecule has 0 saturated carbocycles. The van der Waals surface area contributed by atoms with Crippen LogP contribution in [0.1, 0.15) is 19.4 Å². The molecule has 1 rings (SSSR count). The summed E-state index contributed by atoms with van der Waals surface area (Å²) in [6, 6.07) is 4.50.